The van der Waals surface area contributed by atoms with Crippen molar-refractivity contribution >= 4 is 5.91 Å². The van der Waals surface area contributed by atoms with E-state index in [2.05, 4.69) is 30.7 Å². The fourth-order valence-electron chi connectivity index (χ4n) is 1.97. The van der Waals surface area contributed by atoms with Gasteiger partial charge in [0.05, 0.1) is 5.56 Å². The van der Waals surface area contributed by atoms with E-state index < -0.39 is 0 Å². The summed E-state index contributed by atoms with van der Waals surface area (Å²) in [5.41, 5.74) is 0.959. The van der Waals surface area contributed by atoms with Crippen molar-refractivity contribution in [1.29, 1.82) is 0 Å². The molecule has 0 atom stereocenters. The SMILES string of the molecule is CCCCN(CCCC)C(=O)c1ncccc1C#CCO. The second kappa shape index (κ2) is 9.95. The Morgan fingerprint density at radius 2 is 1.95 bits per heavy atom. The number of hydrogen-bond acceptors (Lipinski definition) is 3. The first-order chi connectivity index (χ1) is 10.2. The highest BCUT2D eigenvalue weighted by Gasteiger charge is 2.18. The molecule has 0 fully saturated rings. The van der Waals surface area contributed by atoms with E-state index in [1.807, 2.05) is 4.90 Å². The Hall–Kier alpha value is -1.86. The van der Waals surface area contributed by atoms with Gasteiger partial charge in [-0.2, -0.15) is 0 Å². The van der Waals surface area contributed by atoms with Crippen molar-refractivity contribution in [3.05, 3.63) is 29.6 Å². The minimum Gasteiger partial charge on any atom is -0.384 e. The van der Waals surface area contributed by atoms with Crippen molar-refractivity contribution in [3.63, 3.8) is 0 Å². The van der Waals surface area contributed by atoms with Gasteiger partial charge in [0, 0.05) is 19.3 Å². The minimum absolute atomic E-state index is 0.0697. The van der Waals surface area contributed by atoms with Gasteiger partial charge in [-0.15, -0.1) is 0 Å². The lowest BCUT2D eigenvalue weighted by atomic mass is 10.1. The van der Waals surface area contributed by atoms with Crippen LogP contribution in [-0.4, -0.2) is 40.6 Å². The summed E-state index contributed by atoms with van der Waals surface area (Å²) in [6.07, 6.45) is 5.68. The molecule has 1 N–H and O–H groups in total. The quantitative estimate of drug-likeness (QED) is 0.784. The molecule has 114 valence electrons. The highest BCUT2D eigenvalue weighted by Crippen LogP contribution is 2.10. The maximum Gasteiger partial charge on any atom is 0.273 e. The van der Waals surface area contributed by atoms with E-state index in [-0.39, 0.29) is 12.5 Å². The second-order valence-electron chi connectivity index (χ2n) is 4.86. The minimum atomic E-state index is -0.224. The van der Waals surface area contributed by atoms with E-state index >= 15 is 0 Å². The van der Waals surface area contributed by atoms with Crippen molar-refractivity contribution in [2.75, 3.05) is 19.7 Å². The zero-order chi connectivity index (χ0) is 15.5. The largest absolute Gasteiger partial charge is 0.384 e. The fourth-order valence-corrected chi connectivity index (χ4v) is 1.97. The number of carbonyl (C=O) groups excluding carboxylic acids is 1. The number of rotatable bonds is 7. The first kappa shape index (κ1) is 17.2. The van der Waals surface area contributed by atoms with Gasteiger partial charge < -0.3 is 10.0 Å². The van der Waals surface area contributed by atoms with Crippen LogP contribution in [0.5, 0.6) is 0 Å². The maximum atomic E-state index is 12.7. The van der Waals surface area contributed by atoms with E-state index in [0.29, 0.717) is 11.3 Å². The molecule has 4 nitrogen and oxygen atoms in total. The van der Waals surface area contributed by atoms with Crippen LogP contribution in [-0.2, 0) is 0 Å². The second-order valence-corrected chi connectivity index (χ2v) is 4.86. The fraction of sp³-hybridized carbons (Fsp3) is 0.529. The molecule has 0 bridgehead atoms. The highest BCUT2D eigenvalue weighted by molar-refractivity contribution is 5.94. The molecule has 0 aliphatic carbocycles. The summed E-state index contributed by atoms with van der Waals surface area (Å²) in [6.45, 7) is 5.50. The Labute approximate surface area is 127 Å². The number of unbranched alkanes of at least 4 members (excludes halogenated alkanes) is 2. The van der Waals surface area contributed by atoms with Crippen molar-refractivity contribution in [2.24, 2.45) is 0 Å². The lowest BCUT2D eigenvalue weighted by molar-refractivity contribution is 0.0745. The third-order valence-corrected chi connectivity index (χ3v) is 3.16. The molecule has 1 rings (SSSR count). The molecule has 1 heterocycles. The Kier molecular flexibility index (Phi) is 8.15. The van der Waals surface area contributed by atoms with Gasteiger partial charge in [-0.3, -0.25) is 4.79 Å². The van der Waals surface area contributed by atoms with E-state index in [0.717, 1.165) is 38.8 Å². The first-order valence-corrected chi connectivity index (χ1v) is 7.58. The molecule has 0 saturated heterocycles. The summed E-state index contributed by atoms with van der Waals surface area (Å²) in [4.78, 5) is 18.7. The number of aromatic nitrogens is 1. The van der Waals surface area contributed by atoms with Gasteiger partial charge >= 0.3 is 0 Å². The molecule has 1 amide bonds. The maximum absolute atomic E-state index is 12.7. The average molecular weight is 288 g/mol. The molecule has 0 aromatic carbocycles. The molecule has 0 radical (unpaired) electrons. The molecule has 0 saturated carbocycles. The summed E-state index contributed by atoms with van der Waals surface area (Å²) >= 11 is 0. The summed E-state index contributed by atoms with van der Waals surface area (Å²) in [5, 5.41) is 8.81. The topological polar surface area (TPSA) is 53.4 Å². The Bertz CT molecular complexity index is 495. The van der Waals surface area contributed by atoms with Crippen LogP contribution in [0, 0.1) is 11.8 Å². The molecule has 0 aliphatic heterocycles. The number of nitrogens with zero attached hydrogens (tertiary/aromatic N) is 2. The van der Waals surface area contributed by atoms with Gasteiger partial charge in [0.1, 0.15) is 12.3 Å². The standard InChI is InChI=1S/C17H24N2O2/c1-3-5-12-19(13-6-4-2)17(21)16-15(10-8-14-20)9-7-11-18-16/h7,9,11,20H,3-6,12-14H2,1-2H3. The zero-order valence-electron chi connectivity index (χ0n) is 12.9. The van der Waals surface area contributed by atoms with Crippen molar-refractivity contribution in [1.82, 2.24) is 9.88 Å². The third kappa shape index (κ3) is 5.57. The van der Waals surface area contributed by atoms with Crippen LogP contribution >= 0.6 is 0 Å². The molecule has 1 aromatic rings. The molecular formula is C17H24N2O2. The molecule has 0 spiro atoms. The highest BCUT2D eigenvalue weighted by atomic mass is 16.2. The normalized spacial score (nSPS) is 9.86. The number of aliphatic hydroxyl groups excluding tert-OH is 1. The smallest absolute Gasteiger partial charge is 0.273 e. The van der Waals surface area contributed by atoms with E-state index in [4.69, 9.17) is 5.11 Å². The molecule has 21 heavy (non-hydrogen) atoms. The molecule has 4 heteroatoms. The van der Waals surface area contributed by atoms with Crippen LogP contribution in [0.1, 0.15) is 55.6 Å². The summed E-state index contributed by atoms with van der Waals surface area (Å²) < 4.78 is 0. The Balaban J connectivity index is 2.96. The monoisotopic (exact) mass is 288 g/mol. The predicted octanol–water partition coefficient (Wildman–Crippen LogP) is 2.47. The predicted molar refractivity (Wildman–Crippen MR) is 83.9 cm³/mol. The van der Waals surface area contributed by atoms with Gasteiger partial charge in [-0.05, 0) is 25.0 Å². The number of pyridine rings is 1. The van der Waals surface area contributed by atoms with Crippen LogP contribution in [0.25, 0.3) is 0 Å². The van der Waals surface area contributed by atoms with Crippen LogP contribution < -0.4 is 0 Å². The van der Waals surface area contributed by atoms with Crippen LogP contribution in [0.4, 0.5) is 0 Å². The summed E-state index contributed by atoms with van der Waals surface area (Å²) in [6, 6.07) is 3.52. The molecule has 0 aliphatic rings. The van der Waals surface area contributed by atoms with Crippen LogP contribution in [0.2, 0.25) is 0 Å². The average Bonchev–Trinajstić information content (AvgIpc) is 2.52. The van der Waals surface area contributed by atoms with Gasteiger partial charge in [0.2, 0.25) is 0 Å². The Morgan fingerprint density at radius 1 is 1.29 bits per heavy atom. The lowest BCUT2D eigenvalue weighted by Gasteiger charge is -2.22. The third-order valence-electron chi connectivity index (χ3n) is 3.16. The van der Waals surface area contributed by atoms with Gasteiger partial charge in [0.25, 0.3) is 5.91 Å². The van der Waals surface area contributed by atoms with Crippen molar-refractivity contribution < 1.29 is 9.90 Å². The summed E-state index contributed by atoms with van der Waals surface area (Å²) in [5.74, 6) is 5.31. The zero-order valence-corrected chi connectivity index (χ0v) is 12.9. The van der Waals surface area contributed by atoms with Crippen LogP contribution in [0.3, 0.4) is 0 Å². The van der Waals surface area contributed by atoms with Gasteiger partial charge in [0.15, 0.2) is 0 Å². The molecule has 0 unspecified atom stereocenters. The number of aliphatic hydroxyl groups is 1. The first-order valence-electron chi connectivity index (χ1n) is 7.58. The lowest BCUT2D eigenvalue weighted by Crippen LogP contribution is -2.34. The van der Waals surface area contributed by atoms with E-state index in [1.54, 1.807) is 18.3 Å². The van der Waals surface area contributed by atoms with Gasteiger partial charge in [-0.25, -0.2) is 4.98 Å². The van der Waals surface area contributed by atoms with Crippen LogP contribution in [0.15, 0.2) is 18.3 Å². The number of hydrogen-bond donors (Lipinski definition) is 1. The van der Waals surface area contributed by atoms with Crippen molar-refractivity contribution in [2.45, 2.75) is 39.5 Å². The molecular weight excluding hydrogens is 264 g/mol. The summed E-state index contributed by atoms with van der Waals surface area (Å²) in [7, 11) is 0. The van der Waals surface area contributed by atoms with Crippen molar-refractivity contribution in [3.8, 4) is 11.8 Å². The van der Waals surface area contributed by atoms with Gasteiger partial charge in [-0.1, -0.05) is 38.5 Å². The number of amides is 1. The molecule has 1 aromatic heterocycles. The van der Waals surface area contributed by atoms with E-state index in [9.17, 15) is 4.79 Å². The van der Waals surface area contributed by atoms with E-state index in [1.165, 1.54) is 0 Å². The number of carbonyl (C=O) groups is 1. The Morgan fingerprint density at radius 3 is 2.52 bits per heavy atom.